The molecule has 0 aliphatic carbocycles. The minimum absolute atomic E-state index is 0.0322. The summed E-state index contributed by atoms with van der Waals surface area (Å²) < 4.78 is 7.28. The third kappa shape index (κ3) is 3.33. The molecule has 0 saturated carbocycles. The molecule has 1 saturated heterocycles. The van der Waals surface area contributed by atoms with E-state index in [1.165, 1.54) is 19.3 Å². The summed E-state index contributed by atoms with van der Waals surface area (Å²) in [6.45, 7) is 7.04. The van der Waals surface area contributed by atoms with Crippen LogP contribution in [0.2, 0.25) is 0 Å². The largest absolute Gasteiger partial charge is 0.469 e. The molecule has 2 aliphatic heterocycles. The first kappa shape index (κ1) is 16.3. The lowest BCUT2D eigenvalue weighted by Crippen LogP contribution is -2.32. The number of fused-ring (bicyclic) bond motifs is 1. The van der Waals surface area contributed by atoms with E-state index in [1.54, 1.807) is 12.3 Å². The van der Waals surface area contributed by atoms with E-state index >= 15 is 0 Å². The molecule has 0 spiro atoms. The molecule has 134 valence electrons. The highest BCUT2D eigenvalue weighted by atomic mass is 16.3. The SMILES string of the molecule is Cc1occc1C(=O)N1CCCn2nnc(CN3CCCCC3)c2C1. The van der Waals surface area contributed by atoms with Crippen molar-refractivity contribution in [1.82, 2.24) is 24.8 Å². The number of hydrogen-bond acceptors (Lipinski definition) is 5. The van der Waals surface area contributed by atoms with Gasteiger partial charge in [0, 0.05) is 19.6 Å². The number of hydrogen-bond donors (Lipinski definition) is 0. The number of piperidine rings is 1. The summed E-state index contributed by atoms with van der Waals surface area (Å²) >= 11 is 0. The highest BCUT2D eigenvalue weighted by molar-refractivity contribution is 5.95. The van der Waals surface area contributed by atoms with E-state index in [0.717, 1.165) is 50.5 Å². The van der Waals surface area contributed by atoms with Crippen molar-refractivity contribution < 1.29 is 9.21 Å². The summed E-state index contributed by atoms with van der Waals surface area (Å²) in [7, 11) is 0. The molecule has 0 aromatic carbocycles. The average molecular weight is 343 g/mol. The van der Waals surface area contributed by atoms with Crippen LogP contribution in [0.4, 0.5) is 0 Å². The number of carbonyl (C=O) groups excluding carboxylic acids is 1. The molecular formula is C18H25N5O2. The van der Waals surface area contributed by atoms with Crippen LogP contribution in [-0.2, 0) is 19.6 Å². The van der Waals surface area contributed by atoms with Crippen LogP contribution in [0.3, 0.4) is 0 Å². The standard InChI is InChI=1S/C18H25N5O2/c1-14-15(6-11-25-14)18(24)22-9-5-10-23-17(13-22)16(19-20-23)12-21-7-3-2-4-8-21/h6,11H,2-5,7-10,12-13H2,1H3. The number of rotatable bonds is 3. The molecule has 25 heavy (non-hydrogen) atoms. The highest BCUT2D eigenvalue weighted by Crippen LogP contribution is 2.21. The first-order valence-electron chi connectivity index (χ1n) is 9.19. The van der Waals surface area contributed by atoms with Crippen LogP contribution in [0.5, 0.6) is 0 Å². The maximum atomic E-state index is 12.9. The molecule has 0 atom stereocenters. The molecule has 4 heterocycles. The van der Waals surface area contributed by atoms with E-state index in [-0.39, 0.29) is 5.91 Å². The van der Waals surface area contributed by atoms with E-state index in [0.29, 0.717) is 17.9 Å². The van der Waals surface area contributed by atoms with Gasteiger partial charge in [-0.05, 0) is 45.3 Å². The number of furan rings is 1. The van der Waals surface area contributed by atoms with Crippen molar-refractivity contribution in [2.75, 3.05) is 19.6 Å². The Kier molecular flexibility index (Phi) is 4.57. The molecule has 4 rings (SSSR count). The van der Waals surface area contributed by atoms with Gasteiger partial charge < -0.3 is 9.32 Å². The number of aromatic nitrogens is 3. The second-order valence-electron chi connectivity index (χ2n) is 7.01. The molecular weight excluding hydrogens is 318 g/mol. The van der Waals surface area contributed by atoms with E-state index in [1.807, 2.05) is 16.5 Å². The predicted octanol–water partition coefficient (Wildman–Crippen LogP) is 2.21. The number of nitrogens with zero attached hydrogens (tertiary/aromatic N) is 5. The van der Waals surface area contributed by atoms with Crippen LogP contribution in [0.15, 0.2) is 16.7 Å². The van der Waals surface area contributed by atoms with Crippen molar-refractivity contribution >= 4 is 5.91 Å². The lowest BCUT2D eigenvalue weighted by atomic mass is 10.1. The van der Waals surface area contributed by atoms with Gasteiger partial charge in [0.2, 0.25) is 0 Å². The highest BCUT2D eigenvalue weighted by Gasteiger charge is 2.26. The summed E-state index contributed by atoms with van der Waals surface area (Å²) in [5.41, 5.74) is 2.75. The van der Waals surface area contributed by atoms with Crippen molar-refractivity contribution in [3.8, 4) is 0 Å². The number of aryl methyl sites for hydroxylation is 2. The third-order valence-corrected chi connectivity index (χ3v) is 5.26. The molecule has 0 unspecified atom stereocenters. The molecule has 7 heteroatoms. The topological polar surface area (TPSA) is 67.4 Å². The number of amides is 1. The summed E-state index contributed by atoms with van der Waals surface area (Å²) in [5.74, 6) is 0.708. The summed E-state index contributed by atoms with van der Waals surface area (Å²) in [6, 6.07) is 1.76. The fourth-order valence-electron chi connectivity index (χ4n) is 3.80. The van der Waals surface area contributed by atoms with Gasteiger partial charge >= 0.3 is 0 Å². The van der Waals surface area contributed by atoms with Gasteiger partial charge in [0.25, 0.3) is 5.91 Å². The number of carbonyl (C=O) groups is 1. The zero-order valence-electron chi connectivity index (χ0n) is 14.8. The van der Waals surface area contributed by atoms with Crippen LogP contribution in [0.1, 0.15) is 53.2 Å². The molecule has 2 aromatic heterocycles. The van der Waals surface area contributed by atoms with Crippen LogP contribution in [0, 0.1) is 6.92 Å². The fraction of sp³-hybridized carbons (Fsp3) is 0.611. The average Bonchev–Trinajstić information content (AvgIpc) is 3.14. The molecule has 1 fully saturated rings. The Bertz CT molecular complexity index is 744. The van der Waals surface area contributed by atoms with Gasteiger partial charge in [-0.15, -0.1) is 5.10 Å². The van der Waals surface area contributed by atoms with Crippen molar-refractivity contribution in [3.05, 3.63) is 35.0 Å². The van der Waals surface area contributed by atoms with Gasteiger partial charge in [0.15, 0.2) is 0 Å². The molecule has 7 nitrogen and oxygen atoms in total. The second kappa shape index (κ2) is 7.00. The van der Waals surface area contributed by atoms with Gasteiger partial charge in [-0.3, -0.25) is 9.69 Å². The smallest absolute Gasteiger partial charge is 0.257 e. The van der Waals surface area contributed by atoms with Gasteiger partial charge in [-0.25, -0.2) is 4.68 Å². The lowest BCUT2D eigenvalue weighted by molar-refractivity contribution is 0.0743. The van der Waals surface area contributed by atoms with Crippen molar-refractivity contribution in [2.24, 2.45) is 0 Å². The molecule has 2 aromatic rings. The Labute approximate surface area is 147 Å². The molecule has 0 bridgehead atoms. The summed E-state index contributed by atoms with van der Waals surface area (Å²) in [4.78, 5) is 17.2. The molecule has 2 aliphatic rings. The number of likely N-dealkylation sites (tertiary alicyclic amines) is 1. The van der Waals surface area contributed by atoms with Gasteiger partial charge in [0.1, 0.15) is 11.5 Å². The van der Waals surface area contributed by atoms with Crippen LogP contribution >= 0.6 is 0 Å². The Morgan fingerprint density at radius 1 is 1.16 bits per heavy atom. The normalized spacial score (nSPS) is 18.8. The van der Waals surface area contributed by atoms with Gasteiger partial charge in [0.05, 0.1) is 24.1 Å². The monoisotopic (exact) mass is 343 g/mol. The predicted molar refractivity (Wildman–Crippen MR) is 92.0 cm³/mol. The quantitative estimate of drug-likeness (QED) is 0.855. The second-order valence-corrected chi connectivity index (χ2v) is 7.01. The Morgan fingerprint density at radius 3 is 2.76 bits per heavy atom. The molecule has 0 radical (unpaired) electrons. The van der Waals surface area contributed by atoms with Crippen LogP contribution in [-0.4, -0.2) is 50.3 Å². The maximum absolute atomic E-state index is 12.9. The lowest BCUT2D eigenvalue weighted by Gasteiger charge is -2.26. The minimum Gasteiger partial charge on any atom is -0.469 e. The van der Waals surface area contributed by atoms with E-state index < -0.39 is 0 Å². The van der Waals surface area contributed by atoms with Crippen molar-refractivity contribution in [3.63, 3.8) is 0 Å². The summed E-state index contributed by atoms with van der Waals surface area (Å²) in [6.07, 6.45) is 6.31. The Morgan fingerprint density at radius 2 is 2.00 bits per heavy atom. The van der Waals surface area contributed by atoms with Gasteiger partial charge in [-0.2, -0.15) is 0 Å². The van der Waals surface area contributed by atoms with E-state index in [2.05, 4.69) is 15.2 Å². The zero-order chi connectivity index (χ0) is 17.2. The first-order valence-corrected chi connectivity index (χ1v) is 9.19. The molecule has 0 N–H and O–H groups in total. The third-order valence-electron chi connectivity index (χ3n) is 5.26. The van der Waals surface area contributed by atoms with Crippen LogP contribution < -0.4 is 0 Å². The minimum atomic E-state index is 0.0322. The van der Waals surface area contributed by atoms with Crippen LogP contribution in [0.25, 0.3) is 0 Å². The first-order chi connectivity index (χ1) is 12.2. The maximum Gasteiger partial charge on any atom is 0.257 e. The Hall–Kier alpha value is -2.15. The Balaban J connectivity index is 1.54. The van der Waals surface area contributed by atoms with Crippen molar-refractivity contribution in [1.29, 1.82) is 0 Å². The van der Waals surface area contributed by atoms with E-state index in [4.69, 9.17) is 4.42 Å². The van der Waals surface area contributed by atoms with Crippen molar-refractivity contribution in [2.45, 2.75) is 52.2 Å². The molecule has 1 amide bonds. The summed E-state index contributed by atoms with van der Waals surface area (Å²) in [5, 5.41) is 8.76. The fourth-order valence-corrected chi connectivity index (χ4v) is 3.80. The van der Waals surface area contributed by atoms with Gasteiger partial charge in [-0.1, -0.05) is 11.6 Å². The van der Waals surface area contributed by atoms with E-state index in [9.17, 15) is 4.79 Å². The zero-order valence-corrected chi connectivity index (χ0v) is 14.8.